The highest BCUT2D eigenvalue weighted by atomic mass is 16.4. The lowest BCUT2D eigenvalue weighted by Crippen LogP contribution is -2.42. The molecule has 0 saturated carbocycles. The monoisotopic (exact) mass is 331 g/mol. The number of rotatable bonds is 11. The number of nitrogens with two attached hydrogens (primary N) is 2. The Balaban J connectivity index is 4.49. The third-order valence-corrected chi connectivity index (χ3v) is 2.95. The third kappa shape index (κ3) is 8.53. The fourth-order valence-electron chi connectivity index (χ4n) is 1.65. The molecule has 0 aliphatic carbocycles. The number of carbonyl (C=O) groups excluding carboxylic acids is 1. The van der Waals surface area contributed by atoms with Crippen LogP contribution in [-0.4, -0.2) is 57.3 Å². The zero-order valence-corrected chi connectivity index (χ0v) is 12.4. The van der Waals surface area contributed by atoms with Crippen molar-refractivity contribution >= 4 is 23.8 Å². The van der Waals surface area contributed by atoms with Crippen LogP contribution in [-0.2, 0) is 19.2 Å². The van der Waals surface area contributed by atoms with Gasteiger partial charge in [-0.05, 0) is 19.3 Å². The molecule has 0 radical (unpaired) electrons. The van der Waals surface area contributed by atoms with Crippen LogP contribution >= 0.6 is 0 Å². The quantitative estimate of drug-likeness (QED) is 0.244. The van der Waals surface area contributed by atoms with Crippen molar-refractivity contribution in [2.45, 2.75) is 43.8 Å². The predicted molar refractivity (Wildman–Crippen MR) is 78.4 cm³/mol. The Labute approximate surface area is 132 Å². The zero-order valence-electron chi connectivity index (χ0n) is 12.4. The maximum atomic E-state index is 11.6. The molecule has 0 aromatic heterocycles. The molecule has 1 amide bonds. The van der Waals surface area contributed by atoms with Crippen LogP contribution in [0.15, 0.2) is 12.2 Å². The van der Waals surface area contributed by atoms with Gasteiger partial charge in [-0.3, -0.25) is 14.4 Å². The Hall–Kier alpha value is -2.46. The third-order valence-electron chi connectivity index (χ3n) is 2.95. The summed E-state index contributed by atoms with van der Waals surface area (Å²) in [5, 5.41) is 28.5. The van der Waals surface area contributed by atoms with Gasteiger partial charge < -0.3 is 32.1 Å². The first kappa shape index (κ1) is 20.5. The molecule has 0 aliphatic rings. The molecule has 0 rings (SSSR count). The van der Waals surface area contributed by atoms with Crippen molar-refractivity contribution in [2.24, 2.45) is 11.5 Å². The van der Waals surface area contributed by atoms with E-state index in [2.05, 4.69) is 11.9 Å². The number of carboxylic acid groups (broad SMARTS) is 3. The van der Waals surface area contributed by atoms with Gasteiger partial charge >= 0.3 is 17.9 Å². The highest BCUT2D eigenvalue weighted by Crippen LogP contribution is 2.11. The molecule has 2 unspecified atom stereocenters. The van der Waals surface area contributed by atoms with Crippen LogP contribution in [0.3, 0.4) is 0 Å². The molecule has 130 valence electrons. The summed E-state index contributed by atoms with van der Waals surface area (Å²) < 4.78 is 0. The summed E-state index contributed by atoms with van der Waals surface area (Å²) in [4.78, 5) is 43.9. The molecule has 0 aromatic rings. The van der Waals surface area contributed by atoms with Crippen LogP contribution in [0, 0.1) is 0 Å². The molecule has 0 aromatic carbocycles. The van der Waals surface area contributed by atoms with E-state index < -0.39 is 41.9 Å². The normalized spacial score (nSPS) is 14.3. The van der Waals surface area contributed by atoms with Crippen molar-refractivity contribution in [1.29, 1.82) is 0 Å². The van der Waals surface area contributed by atoms with Crippen LogP contribution < -0.4 is 16.8 Å². The summed E-state index contributed by atoms with van der Waals surface area (Å²) in [6, 6.07) is -3.73. The number of nitrogens with one attached hydrogen (secondary N) is 1. The Morgan fingerprint density at radius 3 is 1.87 bits per heavy atom. The van der Waals surface area contributed by atoms with E-state index in [1.54, 1.807) is 0 Å². The second kappa shape index (κ2) is 9.54. The molecule has 3 atom stereocenters. The van der Waals surface area contributed by atoms with Crippen LogP contribution in [0.4, 0.5) is 0 Å². The van der Waals surface area contributed by atoms with E-state index >= 15 is 0 Å². The molecule has 10 nitrogen and oxygen atoms in total. The first-order chi connectivity index (χ1) is 10.5. The minimum Gasteiger partial charge on any atom is -0.480 e. The Kier molecular flexibility index (Phi) is 8.52. The summed E-state index contributed by atoms with van der Waals surface area (Å²) >= 11 is 0. The number of hydrogen-bond donors (Lipinski definition) is 6. The minimum absolute atomic E-state index is 0.126. The molecular weight excluding hydrogens is 310 g/mol. The summed E-state index contributed by atoms with van der Waals surface area (Å²) in [6.07, 6.45) is -0.706. The second-order valence-electron chi connectivity index (χ2n) is 5.04. The Morgan fingerprint density at radius 1 is 0.913 bits per heavy atom. The zero-order chi connectivity index (χ0) is 18.2. The van der Waals surface area contributed by atoms with Crippen LogP contribution in [0.1, 0.15) is 25.7 Å². The van der Waals surface area contributed by atoms with Crippen LogP contribution in [0.2, 0.25) is 0 Å². The van der Waals surface area contributed by atoms with Gasteiger partial charge in [-0.1, -0.05) is 12.2 Å². The number of aliphatic carboxylic acids is 3. The SMILES string of the molecule is C=C(CC(N)C(=O)O)CC(NC(=O)CC[C@H](N)C(=O)O)C(=O)O. The maximum absolute atomic E-state index is 11.6. The van der Waals surface area contributed by atoms with E-state index in [1.165, 1.54) is 0 Å². The maximum Gasteiger partial charge on any atom is 0.326 e. The minimum atomic E-state index is -1.33. The van der Waals surface area contributed by atoms with Crippen molar-refractivity contribution in [1.82, 2.24) is 5.32 Å². The largest absolute Gasteiger partial charge is 0.480 e. The number of hydrogen-bond acceptors (Lipinski definition) is 6. The summed E-state index contributed by atoms with van der Waals surface area (Å²) in [7, 11) is 0. The molecule has 0 bridgehead atoms. The topological polar surface area (TPSA) is 193 Å². The number of carboxylic acids is 3. The van der Waals surface area contributed by atoms with Gasteiger partial charge in [0, 0.05) is 6.42 Å². The molecule has 0 saturated heterocycles. The van der Waals surface area contributed by atoms with E-state index in [0.717, 1.165) is 0 Å². The van der Waals surface area contributed by atoms with E-state index in [-0.39, 0.29) is 31.3 Å². The van der Waals surface area contributed by atoms with Crippen molar-refractivity contribution in [3.8, 4) is 0 Å². The van der Waals surface area contributed by atoms with Crippen molar-refractivity contribution in [3.05, 3.63) is 12.2 Å². The average molecular weight is 331 g/mol. The summed E-state index contributed by atoms with van der Waals surface area (Å²) in [6.45, 7) is 3.55. The molecule has 23 heavy (non-hydrogen) atoms. The van der Waals surface area contributed by atoms with Crippen molar-refractivity contribution in [3.63, 3.8) is 0 Å². The molecule has 0 aliphatic heterocycles. The molecule has 0 fully saturated rings. The van der Waals surface area contributed by atoms with E-state index in [0.29, 0.717) is 0 Å². The van der Waals surface area contributed by atoms with Gasteiger partial charge in [0.05, 0.1) is 0 Å². The molecule has 0 heterocycles. The summed E-state index contributed by atoms with van der Waals surface area (Å²) in [5.41, 5.74) is 10.8. The van der Waals surface area contributed by atoms with Gasteiger partial charge in [0.1, 0.15) is 18.1 Å². The van der Waals surface area contributed by atoms with Gasteiger partial charge in [0.15, 0.2) is 0 Å². The number of amides is 1. The van der Waals surface area contributed by atoms with Crippen molar-refractivity contribution in [2.75, 3.05) is 0 Å². The number of carbonyl (C=O) groups is 4. The summed E-state index contributed by atoms with van der Waals surface area (Å²) in [5.74, 6) is -4.51. The molecule has 0 spiro atoms. The lowest BCUT2D eigenvalue weighted by atomic mass is 10.0. The molecule has 10 heteroatoms. The molecule has 8 N–H and O–H groups in total. The van der Waals surface area contributed by atoms with Gasteiger partial charge in [-0.15, -0.1) is 0 Å². The Bertz CT molecular complexity index is 492. The van der Waals surface area contributed by atoms with Crippen LogP contribution in [0.25, 0.3) is 0 Å². The van der Waals surface area contributed by atoms with E-state index in [1.807, 2.05) is 0 Å². The van der Waals surface area contributed by atoms with E-state index in [4.69, 9.17) is 26.8 Å². The smallest absolute Gasteiger partial charge is 0.326 e. The van der Waals surface area contributed by atoms with Gasteiger partial charge in [-0.2, -0.15) is 0 Å². The highest BCUT2D eigenvalue weighted by molar-refractivity contribution is 5.84. The van der Waals surface area contributed by atoms with Gasteiger partial charge in [-0.25, -0.2) is 4.79 Å². The van der Waals surface area contributed by atoms with E-state index in [9.17, 15) is 19.2 Å². The first-order valence-corrected chi connectivity index (χ1v) is 6.70. The second-order valence-corrected chi connectivity index (χ2v) is 5.04. The first-order valence-electron chi connectivity index (χ1n) is 6.70. The average Bonchev–Trinajstić information content (AvgIpc) is 2.43. The molecular formula is C13H21N3O7. The van der Waals surface area contributed by atoms with Crippen molar-refractivity contribution < 1.29 is 34.5 Å². The lowest BCUT2D eigenvalue weighted by Gasteiger charge is -2.17. The van der Waals surface area contributed by atoms with Crippen LogP contribution in [0.5, 0.6) is 0 Å². The fraction of sp³-hybridized carbons (Fsp3) is 0.538. The Morgan fingerprint density at radius 2 is 1.43 bits per heavy atom. The predicted octanol–water partition coefficient (Wildman–Crippen LogP) is -1.50. The lowest BCUT2D eigenvalue weighted by molar-refractivity contribution is -0.142. The van der Waals surface area contributed by atoms with Gasteiger partial charge in [0.2, 0.25) is 5.91 Å². The standard InChI is InChI=1S/C13H21N3O7/c1-6(4-8(15)12(20)21)5-9(13(22)23)16-10(17)3-2-7(14)11(18)19/h7-9H,1-5,14-15H2,(H,16,17)(H,18,19)(H,20,21)(H,22,23)/t7-,8?,9?/m0/s1. The van der Waals surface area contributed by atoms with Gasteiger partial charge in [0.25, 0.3) is 0 Å². The highest BCUT2D eigenvalue weighted by Gasteiger charge is 2.23. The fourth-order valence-corrected chi connectivity index (χ4v) is 1.65.